The van der Waals surface area contributed by atoms with Crippen molar-refractivity contribution in [3.8, 4) is 0 Å². The number of H-pyrrole nitrogens is 1. The van der Waals surface area contributed by atoms with Crippen LogP contribution in [0.1, 0.15) is 32.1 Å². The number of nitrogens with zero attached hydrogens (tertiary/aromatic N) is 1. The third-order valence-corrected chi connectivity index (χ3v) is 4.50. The first kappa shape index (κ1) is 15.5. The quantitative estimate of drug-likeness (QED) is 0.732. The van der Waals surface area contributed by atoms with E-state index in [1.54, 1.807) is 36.7 Å². The largest absolute Gasteiger partial charge is 0.375 e. The minimum atomic E-state index is -3.41. The van der Waals surface area contributed by atoms with Gasteiger partial charge in [-0.1, -0.05) is 6.92 Å². The van der Waals surface area contributed by atoms with Gasteiger partial charge in [-0.3, -0.25) is 0 Å². The Labute approximate surface area is 125 Å². The van der Waals surface area contributed by atoms with E-state index >= 15 is 0 Å². The maximum absolute atomic E-state index is 12.0. The van der Waals surface area contributed by atoms with Crippen LogP contribution in [-0.4, -0.2) is 24.9 Å². The molecule has 1 atom stereocenters. The van der Waals surface area contributed by atoms with E-state index < -0.39 is 10.0 Å². The van der Waals surface area contributed by atoms with Crippen LogP contribution in [-0.2, 0) is 10.0 Å². The van der Waals surface area contributed by atoms with Gasteiger partial charge in [0.05, 0.1) is 10.9 Å². The third-order valence-electron chi connectivity index (χ3n) is 3.02. The van der Waals surface area contributed by atoms with E-state index in [9.17, 15) is 8.42 Å². The molecule has 0 bridgehead atoms. The van der Waals surface area contributed by atoms with Crippen LogP contribution in [0.3, 0.4) is 0 Å². The van der Waals surface area contributed by atoms with Gasteiger partial charge in [-0.05, 0) is 37.6 Å². The number of imidazole rings is 1. The van der Waals surface area contributed by atoms with Crippen molar-refractivity contribution < 1.29 is 8.42 Å². The van der Waals surface area contributed by atoms with Gasteiger partial charge in [0, 0.05) is 24.6 Å². The normalized spacial score (nSPS) is 13.0. The van der Waals surface area contributed by atoms with Gasteiger partial charge < -0.3 is 10.3 Å². The summed E-state index contributed by atoms with van der Waals surface area (Å²) >= 11 is 0. The van der Waals surface area contributed by atoms with E-state index in [0.29, 0.717) is 6.54 Å². The van der Waals surface area contributed by atoms with Crippen molar-refractivity contribution >= 4 is 15.7 Å². The number of aromatic amines is 1. The van der Waals surface area contributed by atoms with Crippen molar-refractivity contribution in [2.45, 2.75) is 31.2 Å². The first-order valence-electron chi connectivity index (χ1n) is 6.88. The number of nitrogens with one attached hydrogen (secondary N) is 3. The highest BCUT2D eigenvalue weighted by atomic mass is 32.2. The molecule has 114 valence electrons. The van der Waals surface area contributed by atoms with Crippen molar-refractivity contribution in [1.29, 1.82) is 0 Å². The SMILES string of the molecule is CCCNS(=O)(=O)c1ccc(NC(C)c2ncc[nH]2)cc1. The number of anilines is 1. The average Bonchev–Trinajstić information content (AvgIpc) is 3.00. The molecule has 0 aliphatic carbocycles. The van der Waals surface area contributed by atoms with E-state index in [2.05, 4.69) is 20.0 Å². The fraction of sp³-hybridized carbons (Fsp3) is 0.357. The average molecular weight is 308 g/mol. The van der Waals surface area contributed by atoms with E-state index in [4.69, 9.17) is 0 Å². The summed E-state index contributed by atoms with van der Waals surface area (Å²) in [4.78, 5) is 7.49. The zero-order chi connectivity index (χ0) is 15.3. The maximum Gasteiger partial charge on any atom is 0.240 e. The molecule has 1 unspecified atom stereocenters. The van der Waals surface area contributed by atoms with Gasteiger partial charge in [0.2, 0.25) is 10.0 Å². The summed E-state index contributed by atoms with van der Waals surface area (Å²) < 4.78 is 26.5. The molecule has 0 saturated heterocycles. The van der Waals surface area contributed by atoms with Gasteiger partial charge in [-0.15, -0.1) is 0 Å². The predicted molar refractivity (Wildman–Crippen MR) is 82.5 cm³/mol. The molecule has 21 heavy (non-hydrogen) atoms. The number of benzene rings is 1. The molecule has 0 aliphatic heterocycles. The van der Waals surface area contributed by atoms with Crippen LogP contribution in [0.4, 0.5) is 5.69 Å². The van der Waals surface area contributed by atoms with Crippen LogP contribution < -0.4 is 10.0 Å². The highest BCUT2D eigenvalue weighted by Gasteiger charge is 2.13. The molecule has 1 aromatic heterocycles. The van der Waals surface area contributed by atoms with Crippen molar-refractivity contribution in [2.24, 2.45) is 0 Å². The fourth-order valence-corrected chi connectivity index (χ4v) is 3.02. The molecule has 2 aromatic rings. The lowest BCUT2D eigenvalue weighted by atomic mass is 10.2. The molecule has 6 nitrogen and oxygen atoms in total. The lowest BCUT2D eigenvalue weighted by Crippen LogP contribution is -2.24. The smallest absolute Gasteiger partial charge is 0.240 e. The Kier molecular flexibility index (Phi) is 4.98. The first-order valence-corrected chi connectivity index (χ1v) is 8.37. The van der Waals surface area contributed by atoms with E-state index in [1.165, 1.54) is 0 Å². The van der Waals surface area contributed by atoms with Gasteiger partial charge in [0.15, 0.2) is 0 Å². The maximum atomic E-state index is 12.0. The standard InChI is InChI=1S/C14H20N4O2S/c1-3-8-17-21(19,20)13-6-4-12(5-7-13)18-11(2)14-15-9-10-16-14/h4-7,9-11,17-18H,3,8H2,1-2H3,(H,15,16). The van der Waals surface area contributed by atoms with Gasteiger partial charge in [0.1, 0.15) is 5.82 Å². The van der Waals surface area contributed by atoms with Crippen molar-refractivity contribution in [3.63, 3.8) is 0 Å². The van der Waals surface area contributed by atoms with Crippen LogP contribution in [0.15, 0.2) is 41.6 Å². The summed E-state index contributed by atoms with van der Waals surface area (Å²) in [7, 11) is -3.41. The van der Waals surface area contributed by atoms with Crippen LogP contribution in [0.5, 0.6) is 0 Å². The summed E-state index contributed by atoms with van der Waals surface area (Å²) in [5.41, 5.74) is 0.841. The van der Waals surface area contributed by atoms with Crippen LogP contribution in [0.25, 0.3) is 0 Å². The minimum Gasteiger partial charge on any atom is -0.375 e. The lowest BCUT2D eigenvalue weighted by molar-refractivity contribution is 0.581. The minimum absolute atomic E-state index is 0.0145. The van der Waals surface area contributed by atoms with Gasteiger partial charge in [0.25, 0.3) is 0 Å². The molecule has 0 spiro atoms. The number of rotatable bonds is 7. The molecule has 2 rings (SSSR count). The second kappa shape index (κ2) is 6.73. The predicted octanol–water partition coefficient (Wildman–Crippen LogP) is 2.27. The Morgan fingerprint density at radius 2 is 2.00 bits per heavy atom. The molecule has 0 fully saturated rings. The Balaban J connectivity index is 2.05. The Bertz CT molecular complexity index is 651. The van der Waals surface area contributed by atoms with E-state index in [-0.39, 0.29) is 10.9 Å². The van der Waals surface area contributed by atoms with Gasteiger partial charge in [-0.25, -0.2) is 18.1 Å². The van der Waals surface area contributed by atoms with E-state index in [1.807, 2.05) is 13.8 Å². The number of sulfonamides is 1. The molecule has 0 saturated carbocycles. The summed E-state index contributed by atoms with van der Waals surface area (Å²) in [6.45, 7) is 4.34. The van der Waals surface area contributed by atoms with Crippen LogP contribution in [0, 0.1) is 0 Å². The first-order chi connectivity index (χ1) is 10.0. The molecule has 3 N–H and O–H groups in total. The Morgan fingerprint density at radius 1 is 1.29 bits per heavy atom. The highest BCUT2D eigenvalue weighted by Crippen LogP contribution is 2.18. The van der Waals surface area contributed by atoms with Crippen molar-refractivity contribution in [3.05, 3.63) is 42.5 Å². The third kappa shape index (κ3) is 4.05. The molecular weight excluding hydrogens is 288 g/mol. The second-order valence-corrected chi connectivity index (χ2v) is 6.53. The number of hydrogen-bond acceptors (Lipinski definition) is 4. The summed E-state index contributed by atoms with van der Waals surface area (Å²) in [5, 5.41) is 3.26. The van der Waals surface area contributed by atoms with Crippen LogP contribution >= 0.6 is 0 Å². The summed E-state index contributed by atoms with van der Waals surface area (Å²) in [6, 6.07) is 6.70. The topological polar surface area (TPSA) is 86.9 Å². The number of hydrogen-bond donors (Lipinski definition) is 3. The van der Waals surface area contributed by atoms with Crippen molar-refractivity contribution in [2.75, 3.05) is 11.9 Å². The Morgan fingerprint density at radius 3 is 2.57 bits per heavy atom. The van der Waals surface area contributed by atoms with E-state index in [0.717, 1.165) is 17.9 Å². The number of aromatic nitrogens is 2. The summed E-state index contributed by atoms with van der Waals surface area (Å²) in [6.07, 6.45) is 4.23. The molecular formula is C14H20N4O2S. The molecule has 1 aromatic carbocycles. The Hall–Kier alpha value is -1.86. The van der Waals surface area contributed by atoms with Crippen molar-refractivity contribution in [1.82, 2.24) is 14.7 Å². The molecule has 0 radical (unpaired) electrons. The molecule has 0 amide bonds. The highest BCUT2D eigenvalue weighted by molar-refractivity contribution is 7.89. The fourth-order valence-electron chi connectivity index (χ4n) is 1.88. The van der Waals surface area contributed by atoms with Gasteiger partial charge >= 0.3 is 0 Å². The second-order valence-electron chi connectivity index (χ2n) is 4.76. The molecule has 0 aliphatic rings. The lowest BCUT2D eigenvalue weighted by Gasteiger charge is -2.13. The zero-order valence-corrected chi connectivity index (χ0v) is 12.9. The van der Waals surface area contributed by atoms with Crippen LogP contribution in [0.2, 0.25) is 0 Å². The molecule has 1 heterocycles. The van der Waals surface area contributed by atoms with Gasteiger partial charge in [-0.2, -0.15) is 0 Å². The monoisotopic (exact) mass is 308 g/mol. The zero-order valence-electron chi connectivity index (χ0n) is 12.1. The molecule has 7 heteroatoms. The summed E-state index contributed by atoms with van der Waals surface area (Å²) in [5.74, 6) is 0.830.